The number of fused-ring (bicyclic) bond motifs is 1. The fourth-order valence-corrected chi connectivity index (χ4v) is 4.09. The summed E-state index contributed by atoms with van der Waals surface area (Å²) in [4.78, 5) is 35.6. The Morgan fingerprint density at radius 3 is 2.45 bits per heavy atom. The molecule has 29 heavy (non-hydrogen) atoms. The molecule has 0 aliphatic heterocycles. The average Bonchev–Trinajstić information content (AvgIpc) is 3.12. The van der Waals surface area contributed by atoms with E-state index in [-0.39, 0.29) is 19.6 Å². The molecule has 5 atom stereocenters. The summed E-state index contributed by atoms with van der Waals surface area (Å²) in [6.07, 6.45) is -1.37. The van der Waals surface area contributed by atoms with Crippen molar-refractivity contribution in [1.29, 1.82) is 0 Å². The van der Waals surface area contributed by atoms with E-state index in [1.807, 2.05) is 0 Å². The van der Waals surface area contributed by atoms with Gasteiger partial charge >= 0.3 is 18.0 Å². The molecule has 156 valence electrons. The minimum Gasteiger partial charge on any atom is -0.479 e. The first kappa shape index (κ1) is 20.7. The van der Waals surface area contributed by atoms with Crippen LogP contribution in [0.3, 0.4) is 0 Å². The molecule has 1 aromatic rings. The number of hydrogen-bond donors (Lipinski definition) is 3. The van der Waals surface area contributed by atoms with Gasteiger partial charge in [0, 0.05) is 11.8 Å². The third kappa shape index (κ3) is 3.33. The number of carbonyl (C=O) groups is 3. The largest absolute Gasteiger partial charge is 0.479 e. The van der Waals surface area contributed by atoms with Crippen LogP contribution >= 0.6 is 0 Å². The fraction of sp³-hybridized carbons (Fsp3) is 0.421. The van der Waals surface area contributed by atoms with Gasteiger partial charge in [-0.05, 0) is 24.1 Å². The highest BCUT2D eigenvalue weighted by molar-refractivity contribution is 5.93. The molecule has 3 N–H and O–H groups in total. The first-order valence-corrected chi connectivity index (χ1v) is 8.75. The lowest BCUT2D eigenvalue weighted by molar-refractivity contribution is -0.158. The van der Waals surface area contributed by atoms with Crippen LogP contribution in [0.1, 0.15) is 12.0 Å². The predicted molar refractivity (Wildman–Crippen MR) is 93.1 cm³/mol. The number of ether oxygens (including phenoxy) is 2. The summed E-state index contributed by atoms with van der Waals surface area (Å²) in [6, 6.07) is 5.24. The number of carbonyl (C=O) groups excluding carboxylic acids is 1. The SMILES string of the molecule is C=CCOC(=O)N[C@]1(C(=O)O)[C@H]2C(C[C@H]1OCc1ccc(F)cc1)[C@]2(F)C(=O)O. The van der Waals surface area contributed by atoms with Gasteiger partial charge in [-0.25, -0.2) is 23.2 Å². The maximum atomic E-state index is 14.9. The molecule has 0 saturated heterocycles. The summed E-state index contributed by atoms with van der Waals surface area (Å²) in [5.74, 6) is -6.57. The molecule has 0 bridgehead atoms. The van der Waals surface area contributed by atoms with E-state index in [0.29, 0.717) is 5.56 Å². The third-order valence-electron chi connectivity index (χ3n) is 5.44. The highest BCUT2D eigenvalue weighted by Crippen LogP contribution is 2.68. The molecule has 3 rings (SSSR count). The van der Waals surface area contributed by atoms with Crippen LogP contribution in [0.25, 0.3) is 0 Å². The molecule has 1 amide bonds. The number of rotatable bonds is 8. The zero-order valence-corrected chi connectivity index (χ0v) is 15.1. The van der Waals surface area contributed by atoms with Crippen LogP contribution in [0, 0.1) is 17.7 Å². The summed E-state index contributed by atoms with van der Waals surface area (Å²) < 4.78 is 38.3. The first-order chi connectivity index (χ1) is 13.7. The van der Waals surface area contributed by atoms with E-state index in [9.17, 15) is 33.4 Å². The Balaban J connectivity index is 1.87. The minimum absolute atomic E-state index is 0.144. The molecule has 1 aromatic carbocycles. The molecule has 0 spiro atoms. The van der Waals surface area contributed by atoms with Crippen molar-refractivity contribution >= 4 is 18.0 Å². The summed E-state index contributed by atoms with van der Waals surface area (Å²) >= 11 is 0. The maximum Gasteiger partial charge on any atom is 0.408 e. The molecule has 2 saturated carbocycles. The summed E-state index contributed by atoms with van der Waals surface area (Å²) in [7, 11) is 0. The van der Waals surface area contributed by atoms with Gasteiger partial charge < -0.3 is 25.0 Å². The molecular weight excluding hydrogens is 392 g/mol. The Hall–Kier alpha value is -3.01. The van der Waals surface area contributed by atoms with Crippen LogP contribution in [-0.4, -0.2) is 52.2 Å². The molecule has 10 heteroatoms. The van der Waals surface area contributed by atoms with Crippen LogP contribution in [0.15, 0.2) is 36.9 Å². The molecule has 1 unspecified atom stereocenters. The highest BCUT2D eigenvalue weighted by atomic mass is 19.1. The summed E-state index contributed by atoms with van der Waals surface area (Å²) in [5.41, 5.74) is -4.61. The number of carboxylic acids is 2. The molecule has 0 aromatic heterocycles. The van der Waals surface area contributed by atoms with Gasteiger partial charge in [0.15, 0.2) is 5.54 Å². The Labute approximate surface area is 164 Å². The second-order valence-electron chi connectivity index (χ2n) is 7.01. The van der Waals surface area contributed by atoms with Crippen molar-refractivity contribution in [1.82, 2.24) is 5.32 Å². The van der Waals surface area contributed by atoms with E-state index in [1.54, 1.807) is 0 Å². The zero-order valence-electron chi connectivity index (χ0n) is 15.1. The number of aliphatic carboxylic acids is 2. The lowest BCUT2D eigenvalue weighted by Gasteiger charge is -2.35. The molecule has 8 nitrogen and oxygen atoms in total. The standard InChI is InChI=1S/C19H19F2NO7/c1-2-7-28-17(27)22-19(16(25)26)13(8-12-14(19)18(12,21)15(23)24)29-9-10-3-5-11(20)6-4-10/h2-6,12-14H,1,7-9H2,(H,22,27)(H,23,24)(H,25,26)/t12?,13-,14+,18-,19+/m1/s1. The third-order valence-corrected chi connectivity index (χ3v) is 5.44. The van der Waals surface area contributed by atoms with Crippen LogP contribution in [0.2, 0.25) is 0 Å². The van der Waals surface area contributed by atoms with Crippen molar-refractivity contribution < 1.29 is 42.9 Å². The van der Waals surface area contributed by atoms with E-state index < -0.39 is 53.0 Å². The topological polar surface area (TPSA) is 122 Å². The van der Waals surface area contributed by atoms with Gasteiger partial charge in [0.25, 0.3) is 0 Å². The van der Waals surface area contributed by atoms with Gasteiger partial charge in [-0.2, -0.15) is 0 Å². The molecule has 0 heterocycles. The van der Waals surface area contributed by atoms with Gasteiger partial charge in [0.1, 0.15) is 12.4 Å². The quantitative estimate of drug-likeness (QED) is 0.559. The van der Waals surface area contributed by atoms with Crippen molar-refractivity contribution in [3.63, 3.8) is 0 Å². The van der Waals surface area contributed by atoms with Gasteiger partial charge in [-0.15, -0.1) is 0 Å². The van der Waals surface area contributed by atoms with Crippen LogP contribution in [-0.2, 0) is 25.7 Å². The van der Waals surface area contributed by atoms with Crippen molar-refractivity contribution in [3.8, 4) is 0 Å². The predicted octanol–water partition coefficient (Wildman–Crippen LogP) is 1.89. The van der Waals surface area contributed by atoms with Crippen molar-refractivity contribution in [2.75, 3.05) is 6.61 Å². The van der Waals surface area contributed by atoms with Crippen molar-refractivity contribution in [2.45, 2.75) is 30.3 Å². The number of carboxylic acid groups (broad SMARTS) is 2. The van der Waals surface area contributed by atoms with Gasteiger partial charge in [-0.3, -0.25) is 0 Å². The number of hydrogen-bond acceptors (Lipinski definition) is 5. The van der Waals surface area contributed by atoms with Gasteiger partial charge in [-0.1, -0.05) is 24.8 Å². The highest BCUT2D eigenvalue weighted by Gasteiger charge is 2.86. The number of halogens is 2. The Morgan fingerprint density at radius 2 is 1.90 bits per heavy atom. The smallest absolute Gasteiger partial charge is 0.408 e. The van der Waals surface area contributed by atoms with Crippen LogP contribution in [0.4, 0.5) is 13.6 Å². The lowest BCUT2D eigenvalue weighted by atomic mass is 9.86. The molecule has 2 fully saturated rings. The zero-order chi connectivity index (χ0) is 21.4. The minimum atomic E-state index is -2.79. The number of amides is 1. The number of nitrogens with one attached hydrogen (secondary N) is 1. The van der Waals surface area contributed by atoms with E-state index >= 15 is 0 Å². The summed E-state index contributed by atoms with van der Waals surface area (Å²) in [5, 5.41) is 21.2. The number of alkyl halides is 1. The molecule has 2 aliphatic rings. The maximum absolute atomic E-state index is 14.9. The molecular formula is C19H19F2NO7. The van der Waals surface area contributed by atoms with E-state index in [1.165, 1.54) is 30.3 Å². The summed E-state index contributed by atoms with van der Waals surface area (Å²) in [6.45, 7) is 2.99. The Bertz CT molecular complexity index is 845. The van der Waals surface area contributed by atoms with Gasteiger partial charge in [0.05, 0.1) is 12.7 Å². The van der Waals surface area contributed by atoms with Gasteiger partial charge in [0.2, 0.25) is 5.67 Å². The monoisotopic (exact) mass is 411 g/mol. The van der Waals surface area contributed by atoms with Crippen molar-refractivity contribution in [3.05, 3.63) is 48.3 Å². The number of alkyl carbamates (subject to hydrolysis) is 1. The van der Waals surface area contributed by atoms with E-state index in [0.717, 1.165) is 0 Å². The second kappa shape index (κ2) is 7.43. The Morgan fingerprint density at radius 1 is 1.24 bits per heavy atom. The first-order valence-electron chi connectivity index (χ1n) is 8.75. The number of benzene rings is 1. The fourth-order valence-electron chi connectivity index (χ4n) is 4.09. The van der Waals surface area contributed by atoms with Crippen LogP contribution in [0.5, 0.6) is 0 Å². The molecule has 2 aliphatic carbocycles. The normalized spacial score (nSPS) is 32.1. The van der Waals surface area contributed by atoms with E-state index in [2.05, 4.69) is 11.9 Å². The van der Waals surface area contributed by atoms with Crippen molar-refractivity contribution in [2.24, 2.45) is 11.8 Å². The molecule has 0 radical (unpaired) electrons. The lowest BCUT2D eigenvalue weighted by Crippen LogP contribution is -2.64. The van der Waals surface area contributed by atoms with E-state index in [4.69, 9.17) is 9.47 Å². The Kier molecular flexibility index (Phi) is 5.31. The van der Waals surface area contributed by atoms with Crippen LogP contribution < -0.4 is 5.32 Å². The second-order valence-corrected chi connectivity index (χ2v) is 7.01. The average molecular weight is 411 g/mol.